The minimum absolute atomic E-state index is 0.241. The maximum absolute atomic E-state index is 11.5. The molecule has 0 aliphatic carbocycles. The van der Waals surface area contributed by atoms with Crippen LogP contribution in [0.2, 0.25) is 0 Å². The van der Waals surface area contributed by atoms with Crippen molar-refractivity contribution < 1.29 is 4.79 Å². The third-order valence-corrected chi connectivity index (χ3v) is 2.54. The van der Waals surface area contributed by atoms with E-state index in [1.165, 1.54) is 4.68 Å². The molecule has 1 amide bonds. The third-order valence-electron chi connectivity index (χ3n) is 2.54. The molecule has 100 valence electrons. The molecule has 0 radical (unpaired) electrons. The van der Waals surface area contributed by atoms with Crippen molar-refractivity contribution in [2.75, 3.05) is 12.8 Å². The number of hydrogen-bond donors (Lipinski definition) is 2. The predicted octanol–water partition coefficient (Wildman–Crippen LogP) is 0.557. The Kier molecular flexibility index (Phi) is 3.74. The van der Waals surface area contributed by atoms with Crippen LogP contribution in [0, 0.1) is 0 Å². The molecule has 0 aliphatic heterocycles. The van der Waals surface area contributed by atoms with E-state index in [1.54, 1.807) is 25.4 Å². The number of aryl methyl sites for hydroxylation is 1. The number of aromatic nitrogens is 4. The SMILES string of the molecule is CCCc1nc(N)cc(-n2ccc(C(=O)NC)n2)n1. The first kappa shape index (κ1) is 13.0. The summed E-state index contributed by atoms with van der Waals surface area (Å²) in [7, 11) is 1.56. The zero-order valence-electron chi connectivity index (χ0n) is 10.9. The van der Waals surface area contributed by atoms with Crippen molar-refractivity contribution in [1.82, 2.24) is 25.1 Å². The van der Waals surface area contributed by atoms with Crippen LogP contribution in [-0.2, 0) is 6.42 Å². The third kappa shape index (κ3) is 2.87. The summed E-state index contributed by atoms with van der Waals surface area (Å²) >= 11 is 0. The van der Waals surface area contributed by atoms with Gasteiger partial charge in [0.25, 0.3) is 5.91 Å². The molecule has 0 unspecified atom stereocenters. The van der Waals surface area contributed by atoms with Gasteiger partial charge in [-0.25, -0.2) is 14.6 Å². The zero-order valence-corrected chi connectivity index (χ0v) is 10.9. The number of nitrogens with one attached hydrogen (secondary N) is 1. The molecule has 2 rings (SSSR count). The molecule has 0 spiro atoms. The Morgan fingerprint density at radius 3 is 2.95 bits per heavy atom. The second-order valence-corrected chi connectivity index (χ2v) is 4.04. The number of amides is 1. The molecule has 2 aromatic rings. The Balaban J connectivity index is 2.35. The number of nitrogens with two attached hydrogens (primary N) is 1. The Labute approximate surface area is 110 Å². The van der Waals surface area contributed by atoms with Crippen molar-refractivity contribution in [1.29, 1.82) is 0 Å². The van der Waals surface area contributed by atoms with E-state index in [2.05, 4.69) is 20.4 Å². The van der Waals surface area contributed by atoms with E-state index in [4.69, 9.17) is 5.73 Å². The number of hydrogen-bond acceptors (Lipinski definition) is 5. The quantitative estimate of drug-likeness (QED) is 0.836. The smallest absolute Gasteiger partial charge is 0.271 e. The van der Waals surface area contributed by atoms with Crippen LogP contribution in [0.5, 0.6) is 0 Å². The van der Waals surface area contributed by atoms with E-state index in [-0.39, 0.29) is 5.91 Å². The van der Waals surface area contributed by atoms with E-state index in [1.807, 2.05) is 6.92 Å². The molecule has 0 bridgehead atoms. The maximum Gasteiger partial charge on any atom is 0.271 e. The molecule has 0 atom stereocenters. The summed E-state index contributed by atoms with van der Waals surface area (Å²) in [6.07, 6.45) is 3.36. The van der Waals surface area contributed by atoms with Crippen LogP contribution in [0.3, 0.4) is 0 Å². The first-order chi connectivity index (χ1) is 9.13. The van der Waals surface area contributed by atoms with Crippen molar-refractivity contribution >= 4 is 11.7 Å². The van der Waals surface area contributed by atoms with Crippen molar-refractivity contribution in [3.05, 3.63) is 29.8 Å². The van der Waals surface area contributed by atoms with Crippen LogP contribution in [0.15, 0.2) is 18.3 Å². The topological polar surface area (TPSA) is 98.7 Å². The van der Waals surface area contributed by atoms with Crippen molar-refractivity contribution in [3.8, 4) is 5.82 Å². The average molecular weight is 260 g/mol. The molecule has 19 heavy (non-hydrogen) atoms. The molecule has 0 saturated heterocycles. The van der Waals surface area contributed by atoms with Gasteiger partial charge in [-0.2, -0.15) is 5.10 Å². The van der Waals surface area contributed by atoms with Gasteiger partial charge >= 0.3 is 0 Å². The van der Waals surface area contributed by atoms with Crippen LogP contribution in [0.4, 0.5) is 5.82 Å². The highest BCUT2D eigenvalue weighted by Crippen LogP contribution is 2.10. The summed E-state index contributed by atoms with van der Waals surface area (Å²) in [6, 6.07) is 3.25. The minimum Gasteiger partial charge on any atom is -0.384 e. The monoisotopic (exact) mass is 260 g/mol. The van der Waals surface area contributed by atoms with E-state index >= 15 is 0 Å². The van der Waals surface area contributed by atoms with Gasteiger partial charge in [0.15, 0.2) is 11.5 Å². The van der Waals surface area contributed by atoms with Gasteiger partial charge in [-0.15, -0.1) is 0 Å². The zero-order chi connectivity index (χ0) is 13.8. The molecule has 0 fully saturated rings. The lowest BCUT2D eigenvalue weighted by Crippen LogP contribution is -2.18. The number of anilines is 1. The van der Waals surface area contributed by atoms with Gasteiger partial charge in [0, 0.05) is 25.7 Å². The number of nitrogen functional groups attached to an aromatic ring is 1. The average Bonchev–Trinajstić information content (AvgIpc) is 2.87. The molecule has 0 saturated carbocycles. The van der Waals surface area contributed by atoms with E-state index < -0.39 is 0 Å². The lowest BCUT2D eigenvalue weighted by molar-refractivity contribution is 0.0957. The predicted molar refractivity (Wildman–Crippen MR) is 71.0 cm³/mol. The molecular formula is C12H16N6O. The molecule has 2 heterocycles. The summed E-state index contributed by atoms with van der Waals surface area (Å²) in [5.41, 5.74) is 6.08. The molecule has 2 aromatic heterocycles. The standard InChI is InChI=1S/C12H16N6O/c1-3-4-10-15-9(13)7-11(16-10)18-6-5-8(17-18)12(19)14-2/h5-7H,3-4H2,1-2H3,(H,14,19)(H2,13,15,16). The number of carbonyl (C=O) groups is 1. The summed E-state index contributed by atoms with van der Waals surface area (Å²) < 4.78 is 1.52. The molecule has 0 aliphatic rings. The van der Waals surface area contributed by atoms with Gasteiger partial charge in [0.2, 0.25) is 0 Å². The highest BCUT2D eigenvalue weighted by molar-refractivity contribution is 5.91. The summed E-state index contributed by atoms with van der Waals surface area (Å²) in [5, 5.41) is 6.67. The molecule has 7 heteroatoms. The summed E-state index contributed by atoms with van der Waals surface area (Å²) in [6.45, 7) is 2.05. The van der Waals surface area contributed by atoms with Gasteiger partial charge in [-0.1, -0.05) is 6.92 Å². The van der Waals surface area contributed by atoms with Gasteiger partial charge in [0.1, 0.15) is 11.6 Å². The molecule has 3 N–H and O–H groups in total. The van der Waals surface area contributed by atoms with Crippen molar-refractivity contribution in [2.24, 2.45) is 0 Å². The molecule has 0 aromatic carbocycles. The van der Waals surface area contributed by atoms with Crippen LogP contribution in [0.25, 0.3) is 5.82 Å². The molecular weight excluding hydrogens is 244 g/mol. The van der Waals surface area contributed by atoms with E-state index in [0.717, 1.165) is 12.8 Å². The van der Waals surface area contributed by atoms with Crippen LogP contribution < -0.4 is 11.1 Å². The Morgan fingerprint density at radius 1 is 1.47 bits per heavy atom. The normalized spacial score (nSPS) is 10.4. The van der Waals surface area contributed by atoms with Gasteiger partial charge in [-0.3, -0.25) is 4.79 Å². The first-order valence-electron chi connectivity index (χ1n) is 6.05. The van der Waals surface area contributed by atoms with E-state index in [0.29, 0.717) is 23.2 Å². The highest BCUT2D eigenvalue weighted by Gasteiger charge is 2.10. The molecule has 7 nitrogen and oxygen atoms in total. The second kappa shape index (κ2) is 5.47. The maximum atomic E-state index is 11.5. The van der Waals surface area contributed by atoms with Crippen molar-refractivity contribution in [3.63, 3.8) is 0 Å². The fourth-order valence-corrected chi connectivity index (χ4v) is 1.66. The lowest BCUT2D eigenvalue weighted by atomic mass is 10.3. The van der Waals surface area contributed by atoms with Crippen LogP contribution in [-0.4, -0.2) is 32.7 Å². The van der Waals surface area contributed by atoms with Gasteiger partial charge < -0.3 is 11.1 Å². The van der Waals surface area contributed by atoms with Gasteiger partial charge in [0.05, 0.1) is 0 Å². The minimum atomic E-state index is -0.241. The number of nitrogens with zero attached hydrogens (tertiary/aromatic N) is 4. The summed E-state index contributed by atoms with van der Waals surface area (Å²) in [5.74, 6) is 1.39. The highest BCUT2D eigenvalue weighted by atomic mass is 16.1. The van der Waals surface area contributed by atoms with Crippen LogP contribution >= 0.6 is 0 Å². The Bertz CT molecular complexity index is 592. The Morgan fingerprint density at radius 2 is 2.26 bits per heavy atom. The first-order valence-corrected chi connectivity index (χ1v) is 6.05. The van der Waals surface area contributed by atoms with Crippen LogP contribution in [0.1, 0.15) is 29.7 Å². The van der Waals surface area contributed by atoms with E-state index in [9.17, 15) is 4.79 Å². The largest absolute Gasteiger partial charge is 0.384 e. The summed E-state index contributed by atoms with van der Waals surface area (Å²) in [4.78, 5) is 20.0. The second-order valence-electron chi connectivity index (χ2n) is 4.04. The van der Waals surface area contributed by atoms with Crippen molar-refractivity contribution in [2.45, 2.75) is 19.8 Å². The fourth-order valence-electron chi connectivity index (χ4n) is 1.66. The van der Waals surface area contributed by atoms with Gasteiger partial charge in [-0.05, 0) is 12.5 Å². The fraction of sp³-hybridized carbons (Fsp3) is 0.333. The number of rotatable bonds is 4. The Hall–Kier alpha value is -2.44. The lowest BCUT2D eigenvalue weighted by Gasteiger charge is -2.04. The number of carbonyl (C=O) groups excluding carboxylic acids is 1.